The first-order valence-electron chi connectivity index (χ1n) is 13.8. The minimum absolute atomic E-state index is 0.0188. The van der Waals surface area contributed by atoms with E-state index < -0.39 is 59.1 Å². The molecule has 15 heteroatoms. The van der Waals surface area contributed by atoms with E-state index in [1.54, 1.807) is 26.8 Å². The minimum atomic E-state index is -1.42. The van der Waals surface area contributed by atoms with Crippen LogP contribution in [0.2, 0.25) is 5.02 Å². The molecular formula is C31H31ClN2O12. The fourth-order valence-corrected chi connectivity index (χ4v) is 5.41. The van der Waals surface area contributed by atoms with Gasteiger partial charge in [-0.2, -0.15) is 0 Å². The molecule has 1 saturated heterocycles. The summed E-state index contributed by atoms with van der Waals surface area (Å²) >= 11 is 6.57. The van der Waals surface area contributed by atoms with E-state index in [1.807, 2.05) is 0 Å². The zero-order valence-electron chi connectivity index (χ0n) is 25.2. The Hall–Kier alpha value is -4.76. The van der Waals surface area contributed by atoms with E-state index in [4.69, 9.17) is 39.7 Å². The van der Waals surface area contributed by atoms with Crippen LogP contribution in [-0.4, -0.2) is 76.6 Å². The minimum Gasteiger partial charge on any atom is -0.505 e. The second kappa shape index (κ2) is 12.6. The molecule has 0 saturated carbocycles. The second-order valence-electron chi connectivity index (χ2n) is 11.0. The van der Waals surface area contributed by atoms with Crippen LogP contribution in [0.4, 0.5) is 5.69 Å². The van der Waals surface area contributed by atoms with Crippen LogP contribution < -0.4 is 20.4 Å². The summed E-state index contributed by atoms with van der Waals surface area (Å²) in [5.74, 6) is -2.51. The van der Waals surface area contributed by atoms with Crippen molar-refractivity contribution in [3.8, 4) is 23.0 Å². The van der Waals surface area contributed by atoms with E-state index in [-0.39, 0.29) is 44.5 Å². The van der Waals surface area contributed by atoms with Gasteiger partial charge in [-0.1, -0.05) is 11.6 Å². The Morgan fingerprint density at radius 1 is 1.07 bits per heavy atom. The van der Waals surface area contributed by atoms with Crippen LogP contribution in [0.25, 0.3) is 11.0 Å². The van der Waals surface area contributed by atoms with E-state index in [2.05, 4.69) is 10.3 Å². The van der Waals surface area contributed by atoms with Crippen molar-refractivity contribution >= 4 is 40.1 Å². The average Bonchev–Trinajstić information content (AvgIpc) is 3.45. The van der Waals surface area contributed by atoms with Gasteiger partial charge in [-0.3, -0.25) is 4.79 Å². The molecule has 0 bridgehead atoms. The molecule has 14 nitrogen and oxygen atoms in total. The van der Waals surface area contributed by atoms with Gasteiger partial charge in [-0.25, -0.2) is 9.59 Å². The molecule has 0 spiro atoms. The number of hydrogen-bond donors (Lipinski definition) is 5. The van der Waals surface area contributed by atoms with Crippen LogP contribution in [0.3, 0.4) is 0 Å². The summed E-state index contributed by atoms with van der Waals surface area (Å²) in [5, 5.41) is 33.9. The molecule has 1 aliphatic rings. The number of carbonyl (C=O) groups is 2. The van der Waals surface area contributed by atoms with Crippen molar-refractivity contribution in [1.82, 2.24) is 4.98 Å². The standard InChI is InChI=1S/C31H31ClN2O12/c1-13-6-9-16(33-13)28(39)45-25-23(37)26(42-5)31(2,3)46-30(25)43-18-11-8-15-22(36)21(29(40)44-24(15)20(18)32)34-27(38)14-7-10-17(35)19(12-14)41-4/h6-12,23,25-26,30,33,35-37H,1-5H3,(H,34,38)/t23-,25+,26+,30+/m0/s1. The van der Waals surface area contributed by atoms with E-state index in [1.165, 1.54) is 50.6 Å². The number of phenols is 1. The predicted molar refractivity (Wildman–Crippen MR) is 163 cm³/mol. The van der Waals surface area contributed by atoms with Crippen molar-refractivity contribution in [2.75, 3.05) is 19.5 Å². The van der Waals surface area contributed by atoms with Gasteiger partial charge in [0.05, 0.1) is 18.1 Å². The van der Waals surface area contributed by atoms with Crippen LogP contribution in [0.1, 0.15) is 40.4 Å². The van der Waals surface area contributed by atoms with Gasteiger partial charge in [0.25, 0.3) is 5.91 Å². The quantitative estimate of drug-likeness (QED) is 0.135. The Bertz CT molecular complexity index is 1870. The number of aliphatic hydroxyl groups excluding tert-OH is 1. The molecule has 4 atom stereocenters. The Morgan fingerprint density at radius 2 is 1.80 bits per heavy atom. The van der Waals surface area contributed by atoms with Crippen molar-refractivity contribution < 1.29 is 53.0 Å². The summed E-state index contributed by atoms with van der Waals surface area (Å²) in [5.41, 5.74) is -2.25. The van der Waals surface area contributed by atoms with Crippen LogP contribution >= 0.6 is 11.6 Å². The van der Waals surface area contributed by atoms with Gasteiger partial charge in [0.15, 0.2) is 34.6 Å². The average molecular weight is 659 g/mol. The number of hydrogen-bond acceptors (Lipinski definition) is 12. The van der Waals surface area contributed by atoms with Gasteiger partial charge in [-0.15, -0.1) is 0 Å². The highest BCUT2D eigenvalue weighted by atomic mass is 35.5. The molecule has 2 aromatic heterocycles. The SMILES string of the molecule is COc1cc(C(=O)Nc2c(O)c3ccc(O[C@@H]4OC(C)(C)[C@H](OC)[C@@H](O)[C@H]4OC(=O)c4ccc(C)[nH]4)c(Cl)c3oc2=O)ccc1O. The van der Waals surface area contributed by atoms with E-state index in [0.717, 1.165) is 0 Å². The van der Waals surface area contributed by atoms with Crippen molar-refractivity contribution in [3.05, 3.63) is 74.9 Å². The number of phenolic OH excluding ortho intramolecular Hbond substituents is 1. The van der Waals surface area contributed by atoms with Gasteiger partial charge in [-0.05, 0) is 63.2 Å². The van der Waals surface area contributed by atoms with E-state index >= 15 is 0 Å². The maximum absolute atomic E-state index is 12.9. The van der Waals surface area contributed by atoms with Gasteiger partial charge < -0.3 is 53.7 Å². The molecule has 2 aromatic carbocycles. The highest BCUT2D eigenvalue weighted by molar-refractivity contribution is 6.36. The monoisotopic (exact) mass is 658 g/mol. The molecule has 1 fully saturated rings. The number of anilines is 1. The highest BCUT2D eigenvalue weighted by Crippen LogP contribution is 2.41. The van der Waals surface area contributed by atoms with Gasteiger partial charge in [0.2, 0.25) is 6.29 Å². The van der Waals surface area contributed by atoms with E-state index in [9.17, 15) is 29.7 Å². The van der Waals surface area contributed by atoms with Crippen LogP contribution in [-0.2, 0) is 14.2 Å². The predicted octanol–water partition coefficient (Wildman–Crippen LogP) is 3.87. The number of carbonyl (C=O) groups excluding carboxylic acids is 2. The van der Waals surface area contributed by atoms with Crippen molar-refractivity contribution in [2.45, 2.75) is 51.0 Å². The summed E-state index contributed by atoms with van der Waals surface area (Å²) in [6, 6.07) is 9.62. The van der Waals surface area contributed by atoms with Crippen LogP contribution in [0, 0.1) is 6.92 Å². The smallest absolute Gasteiger partial charge is 0.364 e. The van der Waals surface area contributed by atoms with Gasteiger partial charge in [0, 0.05) is 18.4 Å². The lowest BCUT2D eigenvalue weighted by atomic mass is 9.89. The lowest BCUT2D eigenvalue weighted by Gasteiger charge is -2.47. The number of methoxy groups -OCH3 is 2. The van der Waals surface area contributed by atoms with E-state index in [0.29, 0.717) is 5.69 Å². The Kier molecular flexibility index (Phi) is 8.91. The largest absolute Gasteiger partial charge is 0.505 e. The number of aromatic nitrogens is 1. The summed E-state index contributed by atoms with van der Waals surface area (Å²) < 4.78 is 33.5. The van der Waals surface area contributed by atoms with Crippen LogP contribution in [0.15, 0.2) is 51.7 Å². The summed E-state index contributed by atoms with van der Waals surface area (Å²) in [7, 11) is 2.68. The summed E-state index contributed by atoms with van der Waals surface area (Å²) in [4.78, 5) is 41.5. The number of benzene rings is 2. The zero-order valence-corrected chi connectivity index (χ0v) is 26.0. The third kappa shape index (κ3) is 6.07. The zero-order chi connectivity index (χ0) is 33.5. The normalized spacial score (nSPS) is 20.7. The first-order chi connectivity index (χ1) is 21.7. The van der Waals surface area contributed by atoms with Crippen LogP contribution in [0.5, 0.6) is 23.0 Å². The maximum Gasteiger partial charge on any atom is 0.364 e. The molecule has 244 valence electrons. The lowest BCUT2D eigenvalue weighted by Crippen LogP contribution is -2.64. The number of amides is 1. The molecule has 0 aliphatic carbocycles. The molecule has 3 heterocycles. The molecule has 5 rings (SSSR count). The fraction of sp³-hybridized carbons (Fsp3) is 0.323. The van der Waals surface area contributed by atoms with Crippen molar-refractivity contribution in [3.63, 3.8) is 0 Å². The number of rotatable bonds is 8. The number of aliphatic hydroxyl groups is 1. The number of ether oxygens (including phenoxy) is 5. The number of halogens is 1. The fourth-order valence-electron chi connectivity index (χ4n) is 5.16. The number of esters is 1. The molecule has 0 radical (unpaired) electrons. The molecule has 0 unspecified atom stereocenters. The highest BCUT2D eigenvalue weighted by Gasteiger charge is 2.53. The van der Waals surface area contributed by atoms with Gasteiger partial charge in [0.1, 0.15) is 28.7 Å². The number of nitrogens with one attached hydrogen (secondary N) is 2. The molecular weight excluding hydrogens is 628 g/mol. The maximum atomic E-state index is 12.9. The third-order valence-corrected chi connectivity index (χ3v) is 7.80. The number of aromatic amines is 1. The third-order valence-electron chi connectivity index (χ3n) is 7.44. The molecule has 46 heavy (non-hydrogen) atoms. The number of aryl methyl sites for hydroxylation is 1. The number of fused-ring (bicyclic) bond motifs is 1. The first-order valence-corrected chi connectivity index (χ1v) is 14.2. The van der Waals surface area contributed by atoms with Crippen molar-refractivity contribution in [1.29, 1.82) is 0 Å². The van der Waals surface area contributed by atoms with Gasteiger partial charge >= 0.3 is 11.6 Å². The molecule has 1 amide bonds. The summed E-state index contributed by atoms with van der Waals surface area (Å²) in [6.45, 7) is 5.05. The molecule has 5 N–H and O–H groups in total. The number of H-pyrrole nitrogens is 1. The Morgan fingerprint density at radius 3 is 2.46 bits per heavy atom. The molecule has 1 aliphatic heterocycles. The Balaban J connectivity index is 1.46. The second-order valence-corrected chi connectivity index (χ2v) is 11.4. The Labute approximate surface area is 266 Å². The lowest BCUT2D eigenvalue weighted by molar-refractivity contribution is -0.305. The summed E-state index contributed by atoms with van der Waals surface area (Å²) in [6.07, 6.45) is -5.15. The molecule has 4 aromatic rings. The van der Waals surface area contributed by atoms with Crippen molar-refractivity contribution in [2.24, 2.45) is 0 Å². The first kappa shape index (κ1) is 32.6. The topological polar surface area (TPSA) is 199 Å². The number of aromatic hydroxyl groups is 2.